The molecule has 0 N–H and O–H groups in total. The van der Waals surface area contributed by atoms with Crippen LogP contribution in [-0.4, -0.2) is 34.7 Å². The van der Waals surface area contributed by atoms with Crippen LogP contribution < -0.4 is 0 Å². The highest BCUT2D eigenvalue weighted by Crippen LogP contribution is 2.48. The molecule has 0 aromatic heterocycles. The van der Waals surface area contributed by atoms with E-state index < -0.39 is 0 Å². The van der Waals surface area contributed by atoms with Crippen LogP contribution in [0.2, 0.25) is 0 Å². The number of carbonyl (C=O) groups is 1. The Balaban J connectivity index is 1.89. The molecule has 7 atom stereocenters. The van der Waals surface area contributed by atoms with E-state index in [0.717, 1.165) is 25.3 Å². The SMILES string of the molecule is CC1C(=O)CCN2C3CCC(Cl)CC3C(C)C(C)C12. The van der Waals surface area contributed by atoms with Gasteiger partial charge in [-0.15, -0.1) is 11.6 Å². The van der Waals surface area contributed by atoms with Crippen LogP contribution in [0.4, 0.5) is 0 Å². The Morgan fingerprint density at radius 2 is 1.89 bits per heavy atom. The van der Waals surface area contributed by atoms with Crippen LogP contribution in [0.3, 0.4) is 0 Å². The summed E-state index contributed by atoms with van der Waals surface area (Å²) >= 11 is 6.40. The molecular weight excluding hydrogens is 258 g/mol. The maximum Gasteiger partial charge on any atom is 0.138 e. The van der Waals surface area contributed by atoms with Crippen LogP contribution in [-0.2, 0) is 4.79 Å². The first-order valence-corrected chi connectivity index (χ1v) is 8.37. The summed E-state index contributed by atoms with van der Waals surface area (Å²) in [5.74, 6) is 2.75. The molecule has 2 aliphatic heterocycles. The minimum atomic E-state index is 0.223. The molecule has 0 aromatic rings. The van der Waals surface area contributed by atoms with Gasteiger partial charge in [0.25, 0.3) is 0 Å². The zero-order chi connectivity index (χ0) is 13.7. The van der Waals surface area contributed by atoms with Crippen LogP contribution in [0.5, 0.6) is 0 Å². The second-order valence-corrected chi connectivity index (χ2v) is 7.71. The highest BCUT2D eigenvalue weighted by atomic mass is 35.5. The third-order valence-electron chi connectivity index (χ3n) is 6.29. The largest absolute Gasteiger partial charge is 0.299 e. The van der Waals surface area contributed by atoms with E-state index in [-0.39, 0.29) is 5.92 Å². The Morgan fingerprint density at radius 3 is 2.63 bits per heavy atom. The van der Waals surface area contributed by atoms with E-state index in [2.05, 4.69) is 25.7 Å². The van der Waals surface area contributed by atoms with Crippen molar-refractivity contribution in [3.05, 3.63) is 0 Å². The Labute approximate surface area is 121 Å². The van der Waals surface area contributed by atoms with Crippen molar-refractivity contribution in [2.45, 2.75) is 63.9 Å². The first kappa shape index (κ1) is 13.9. The summed E-state index contributed by atoms with van der Waals surface area (Å²) in [4.78, 5) is 14.8. The van der Waals surface area contributed by atoms with E-state index in [4.69, 9.17) is 11.6 Å². The molecule has 3 rings (SSSR count). The van der Waals surface area contributed by atoms with E-state index in [9.17, 15) is 4.79 Å². The van der Waals surface area contributed by atoms with Gasteiger partial charge in [-0.3, -0.25) is 9.69 Å². The van der Waals surface area contributed by atoms with Gasteiger partial charge in [-0.25, -0.2) is 0 Å². The summed E-state index contributed by atoms with van der Waals surface area (Å²) in [7, 11) is 0. The number of alkyl halides is 1. The first-order chi connectivity index (χ1) is 9.00. The summed E-state index contributed by atoms with van der Waals surface area (Å²) in [5, 5.41) is 0.372. The normalized spacial score (nSPS) is 51.6. The van der Waals surface area contributed by atoms with Crippen molar-refractivity contribution in [3.8, 4) is 0 Å². The van der Waals surface area contributed by atoms with Gasteiger partial charge in [-0.2, -0.15) is 0 Å². The lowest BCUT2D eigenvalue weighted by Crippen LogP contribution is -2.64. The third-order valence-corrected chi connectivity index (χ3v) is 6.68. The quantitative estimate of drug-likeness (QED) is 0.636. The van der Waals surface area contributed by atoms with Gasteiger partial charge in [0.15, 0.2) is 0 Å². The van der Waals surface area contributed by atoms with E-state index in [0.29, 0.717) is 35.1 Å². The topological polar surface area (TPSA) is 20.3 Å². The van der Waals surface area contributed by atoms with Crippen LogP contribution in [0.1, 0.15) is 46.5 Å². The van der Waals surface area contributed by atoms with E-state index in [1.807, 2.05) is 0 Å². The van der Waals surface area contributed by atoms with Crippen molar-refractivity contribution in [2.75, 3.05) is 6.54 Å². The Kier molecular flexibility index (Phi) is 3.68. The fraction of sp³-hybridized carbons (Fsp3) is 0.938. The van der Waals surface area contributed by atoms with Gasteiger partial charge < -0.3 is 0 Å². The van der Waals surface area contributed by atoms with Gasteiger partial charge in [0.05, 0.1) is 0 Å². The maximum atomic E-state index is 12.1. The van der Waals surface area contributed by atoms with Crippen LogP contribution >= 0.6 is 11.6 Å². The van der Waals surface area contributed by atoms with E-state index >= 15 is 0 Å². The summed E-state index contributed by atoms with van der Waals surface area (Å²) in [5.41, 5.74) is 0. The molecule has 0 amide bonds. The van der Waals surface area contributed by atoms with E-state index in [1.165, 1.54) is 12.8 Å². The number of Topliss-reactive ketones (excluding diaryl/α,β-unsaturated/α-hetero) is 1. The average Bonchev–Trinajstić information content (AvgIpc) is 2.39. The number of piperidine rings is 2. The molecule has 3 fully saturated rings. The van der Waals surface area contributed by atoms with Gasteiger partial charge in [0, 0.05) is 36.3 Å². The molecule has 0 bridgehead atoms. The Bertz CT molecular complexity index is 372. The van der Waals surface area contributed by atoms with Gasteiger partial charge in [0.2, 0.25) is 0 Å². The van der Waals surface area contributed by atoms with Gasteiger partial charge >= 0.3 is 0 Å². The summed E-state index contributed by atoms with van der Waals surface area (Å²) in [6.45, 7) is 7.88. The second kappa shape index (κ2) is 5.04. The maximum absolute atomic E-state index is 12.1. The molecule has 1 saturated carbocycles. The van der Waals surface area contributed by atoms with E-state index in [1.54, 1.807) is 0 Å². The second-order valence-electron chi connectivity index (χ2n) is 7.09. The molecule has 0 aromatic carbocycles. The van der Waals surface area contributed by atoms with Gasteiger partial charge in [0.1, 0.15) is 5.78 Å². The third kappa shape index (κ3) is 2.15. The number of ketones is 1. The molecule has 3 aliphatic rings. The predicted octanol–water partition coefficient (Wildman–Crippen LogP) is 3.33. The van der Waals surface area contributed by atoms with Crippen LogP contribution in [0.25, 0.3) is 0 Å². The minimum Gasteiger partial charge on any atom is -0.299 e. The first-order valence-electron chi connectivity index (χ1n) is 7.93. The highest BCUT2D eigenvalue weighted by molar-refractivity contribution is 6.20. The molecule has 0 spiro atoms. The molecule has 2 nitrogen and oxygen atoms in total. The zero-order valence-electron chi connectivity index (χ0n) is 12.3. The minimum absolute atomic E-state index is 0.223. The fourth-order valence-corrected chi connectivity index (χ4v) is 5.38. The molecule has 2 saturated heterocycles. The molecular formula is C16H26ClNO. The van der Waals surface area contributed by atoms with Gasteiger partial charge in [-0.1, -0.05) is 20.8 Å². The molecule has 1 aliphatic carbocycles. The van der Waals surface area contributed by atoms with Crippen molar-refractivity contribution in [2.24, 2.45) is 23.7 Å². The highest BCUT2D eigenvalue weighted by Gasteiger charge is 2.51. The van der Waals surface area contributed by atoms with Crippen molar-refractivity contribution >= 4 is 17.4 Å². The number of carbonyl (C=O) groups excluding carboxylic acids is 1. The fourth-order valence-electron chi connectivity index (χ4n) is 5.05. The standard InChI is InChI=1S/C16H26ClNO/c1-9-10(2)16-11(3)15(19)6-7-18(16)14-5-4-12(17)8-13(9)14/h9-14,16H,4-8H2,1-3H3. The van der Waals surface area contributed by atoms with Crippen molar-refractivity contribution in [1.82, 2.24) is 4.90 Å². The van der Waals surface area contributed by atoms with Crippen molar-refractivity contribution in [1.29, 1.82) is 0 Å². The average molecular weight is 284 g/mol. The zero-order valence-corrected chi connectivity index (χ0v) is 13.1. The predicted molar refractivity (Wildman–Crippen MR) is 78.4 cm³/mol. The molecule has 2 heterocycles. The number of halogens is 1. The lowest BCUT2D eigenvalue weighted by atomic mass is 9.62. The number of fused-ring (bicyclic) bond motifs is 3. The smallest absolute Gasteiger partial charge is 0.138 e. The Morgan fingerprint density at radius 1 is 1.16 bits per heavy atom. The Hall–Kier alpha value is -0.0800. The molecule has 7 unspecified atom stereocenters. The summed E-state index contributed by atoms with van der Waals surface area (Å²) in [6, 6.07) is 1.16. The monoisotopic (exact) mass is 283 g/mol. The number of rotatable bonds is 0. The summed E-state index contributed by atoms with van der Waals surface area (Å²) < 4.78 is 0. The molecule has 0 radical (unpaired) electrons. The number of hydrogen-bond donors (Lipinski definition) is 0. The number of nitrogens with zero attached hydrogens (tertiary/aromatic N) is 1. The lowest BCUT2D eigenvalue weighted by molar-refractivity contribution is -0.140. The van der Waals surface area contributed by atoms with Crippen molar-refractivity contribution in [3.63, 3.8) is 0 Å². The van der Waals surface area contributed by atoms with Crippen LogP contribution in [0, 0.1) is 23.7 Å². The molecule has 108 valence electrons. The number of hydrogen-bond acceptors (Lipinski definition) is 2. The molecule has 19 heavy (non-hydrogen) atoms. The lowest BCUT2D eigenvalue weighted by Gasteiger charge is -2.58. The van der Waals surface area contributed by atoms with Crippen molar-refractivity contribution < 1.29 is 4.79 Å². The summed E-state index contributed by atoms with van der Waals surface area (Å²) in [6.07, 6.45) is 4.30. The van der Waals surface area contributed by atoms with Crippen LogP contribution in [0.15, 0.2) is 0 Å². The molecule has 3 heteroatoms. The van der Waals surface area contributed by atoms with Gasteiger partial charge in [-0.05, 0) is 37.0 Å².